The Kier molecular flexibility index (Phi) is 12.9. The van der Waals surface area contributed by atoms with Crippen molar-refractivity contribution in [1.82, 2.24) is 4.98 Å². The summed E-state index contributed by atoms with van der Waals surface area (Å²) in [5.74, 6) is -1.86. The van der Waals surface area contributed by atoms with Crippen LogP contribution in [0.15, 0.2) is 51.6 Å². The first kappa shape index (κ1) is 39.5. The molecule has 0 aliphatic carbocycles. The number of hydrogen-bond acceptors (Lipinski definition) is 11. The van der Waals surface area contributed by atoms with Gasteiger partial charge in [-0.2, -0.15) is 0 Å². The molecule has 5 heterocycles. The number of aliphatic imine (C=N–C) groups is 1. The fourth-order valence-corrected chi connectivity index (χ4v) is 7.32. The van der Waals surface area contributed by atoms with Crippen LogP contribution in [0.3, 0.4) is 0 Å². The number of carbonyl (C=O) groups is 3. The summed E-state index contributed by atoms with van der Waals surface area (Å²) < 4.78 is 30.3. The Balaban J connectivity index is 1.53. The van der Waals surface area contributed by atoms with E-state index in [2.05, 4.69) is 31.8 Å². The molecule has 4 aliphatic rings. The molecule has 0 amide bonds. The number of esters is 3. The number of nitrogens with zero attached hydrogens (tertiary/aromatic N) is 1. The molecule has 4 bridgehead atoms. The van der Waals surface area contributed by atoms with Gasteiger partial charge in [0.15, 0.2) is 18.3 Å². The Morgan fingerprint density at radius 2 is 1.83 bits per heavy atom. The molecule has 0 saturated carbocycles. The number of H-pyrrole nitrogens is 1. The summed E-state index contributed by atoms with van der Waals surface area (Å²) in [6, 6.07) is 3.31. The summed E-state index contributed by atoms with van der Waals surface area (Å²) >= 11 is 0. The van der Waals surface area contributed by atoms with Gasteiger partial charge in [-0.1, -0.05) is 39.3 Å². The maximum Gasteiger partial charge on any atom is 0.318 e. The van der Waals surface area contributed by atoms with Crippen LogP contribution >= 0.6 is 0 Å². The summed E-state index contributed by atoms with van der Waals surface area (Å²) in [6.45, 7) is 13.5. The Morgan fingerprint density at radius 1 is 1.08 bits per heavy atom. The van der Waals surface area contributed by atoms with E-state index in [0.717, 1.165) is 35.3 Å². The highest BCUT2D eigenvalue weighted by Crippen LogP contribution is 2.40. The van der Waals surface area contributed by atoms with E-state index in [1.54, 1.807) is 6.92 Å². The van der Waals surface area contributed by atoms with E-state index in [1.165, 1.54) is 6.92 Å². The lowest BCUT2D eigenvalue weighted by Crippen LogP contribution is -2.43. The zero-order valence-electron chi connectivity index (χ0n) is 31.6. The van der Waals surface area contributed by atoms with Crippen LogP contribution in [0.4, 0.5) is 0 Å². The van der Waals surface area contributed by atoms with Crippen molar-refractivity contribution in [2.45, 2.75) is 117 Å². The number of fused-ring (bicyclic) bond motifs is 6. The van der Waals surface area contributed by atoms with Crippen LogP contribution in [-0.4, -0.2) is 95.9 Å². The topological polar surface area (TPSA) is 166 Å². The first-order chi connectivity index (χ1) is 24.7. The Labute approximate surface area is 306 Å². The van der Waals surface area contributed by atoms with Gasteiger partial charge >= 0.3 is 17.9 Å². The van der Waals surface area contributed by atoms with E-state index in [-0.39, 0.29) is 31.7 Å². The Bertz CT molecular complexity index is 1600. The summed E-state index contributed by atoms with van der Waals surface area (Å²) in [4.78, 5) is 48.6. The number of allylic oxidation sites excluding steroid dienone is 2. The minimum Gasteiger partial charge on any atom is -0.467 e. The predicted molar refractivity (Wildman–Crippen MR) is 193 cm³/mol. The van der Waals surface area contributed by atoms with Crippen LogP contribution in [0.25, 0.3) is 0 Å². The summed E-state index contributed by atoms with van der Waals surface area (Å²) in [6.07, 6.45) is 4.02. The van der Waals surface area contributed by atoms with Gasteiger partial charge in [0.25, 0.3) is 0 Å². The van der Waals surface area contributed by atoms with Gasteiger partial charge in [0, 0.05) is 18.7 Å². The van der Waals surface area contributed by atoms with E-state index in [1.807, 2.05) is 32.1 Å². The van der Waals surface area contributed by atoms with Crippen molar-refractivity contribution in [2.24, 2.45) is 28.2 Å². The molecule has 5 rings (SSSR count). The van der Waals surface area contributed by atoms with Crippen molar-refractivity contribution in [3.63, 3.8) is 0 Å². The number of aliphatic hydroxyl groups excluding tert-OH is 2. The molecule has 286 valence electrons. The van der Waals surface area contributed by atoms with Crippen LogP contribution in [0, 0.1) is 23.2 Å². The molecule has 4 aliphatic heterocycles. The van der Waals surface area contributed by atoms with Crippen molar-refractivity contribution >= 4 is 23.8 Å². The lowest BCUT2D eigenvalue weighted by atomic mass is 9.83. The van der Waals surface area contributed by atoms with Gasteiger partial charge in [-0.25, -0.2) is 4.99 Å². The largest absolute Gasteiger partial charge is 0.467 e. The molecule has 7 atom stereocenters. The SMILES string of the molecule is CC(CCCO)=C1CO[C@H](CC(C)C)/C1=C\[C@@H]1N=C2O[C@H]1COC(=O)[C@@H](CC(C)C)CC(=O)O[C@@H]1[C@@H](OC(=O)[C@@]1(C)CO)/C(C)=C/Cc1ccc2[nH]1. The molecule has 3 N–H and O–H groups in total. The minimum absolute atomic E-state index is 0.0667. The number of ether oxygens (including phenoxy) is 5. The monoisotopic (exact) mass is 724 g/mol. The molecular weight excluding hydrogens is 668 g/mol. The average molecular weight is 725 g/mol. The molecular formula is C40H56N2O10. The molecule has 2 fully saturated rings. The van der Waals surface area contributed by atoms with Crippen molar-refractivity contribution in [3.8, 4) is 0 Å². The number of aliphatic hydroxyl groups is 2. The zero-order chi connectivity index (χ0) is 37.7. The second kappa shape index (κ2) is 16.9. The minimum atomic E-state index is -1.47. The van der Waals surface area contributed by atoms with Gasteiger partial charge in [0.1, 0.15) is 23.8 Å². The molecule has 12 nitrogen and oxygen atoms in total. The average Bonchev–Trinajstić information content (AvgIpc) is 3.87. The fraction of sp³-hybridized carbons (Fsp3) is 0.650. The Morgan fingerprint density at radius 3 is 2.52 bits per heavy atom. The molecule has 52 heavy (non-hydrogen) atoms. The van der Waals surface area contributed by atoms with Gasteiger partial charge in [0.2, 0.25) is 5.90 Å². The second-order valence-corrected chi connectivity index (χ2v) is 15.7. The van der Waals surface area contributed by atoms with Crippen LogP contribution in [0.5, 0.6) is 0 Å². The third kappa shape index (κ3) is 8.89. The normalized spacial score (nSPS) is 32.8. The number of nitrogens with one attached hydrogen (secondary N) is 1. The third-order valence-corrected chi connectivity index (χ3v) is 10.4. The first-order valence-electron chi connectivity index (χ1n) is 18.6. The second-order valence-electron chi connectivity index (χ2n) is 15.7. The number of cyclic esters (lactones) is 1. The smallest absolute Gasteiger partial charge is 0.318 e. The standard InChI is InChI=1S/C40H56N2O10/c1-22(2)15-26-17-34(45)51-36-35(52-39(47)40(36,7)21-44)25(6)10-11-27-12-13-30(41-27)37-42-31(33(50-37)20-49-38(26)46)18-28-29(24(5)9-8-14-43)19-48-32(28)16-23(3)4/h10,12-13,18,22-23,26,31-33,35-36,41,43-44H,8-9,11,14-17,19-21H2,1-7H3/b25-10+,28-18-,29-24?/t26-,31-,32+,33-,35-,36+,40-/m0/s1. The van der Waals surface area contributed by atoms with Crippen molar-refractivity contribution in [2.75, 3.05) is 26.4 Å². The van der Waals surface area contributed by atoms with E-state index in [4.69, 9.17) is 28.7 Å². The summed E-state index contributed by atoms with van der Waals surface area (Å²) in [5, 5.41) is 19.7. The molecule has 12 heteroatoms. The van der Waals surface area contributed by atoms with Gasteiger partial charge in [0.05, 0.1) is 31.7 Å². The molecule has 0 aromatic carbocycles. The van der Waals surface area contributed by atoms with Gasteiger partial charge in [-0.05, 0) is 93.2 Å². The Hall–Kier alpha value is -3.74. The van der Waals surface area contributed by atoms with E-state index in [9.17, 15) is 24.6 Å². The number of carbonyl (C=O) groups excluding carboxylic acids is 3. The van der Waals surface area contributed by atoms with Crippen LogP contribution in [0.2, 0.25) is 0 Å². The summed E-state index contributed by atoms with van der Waals surface area (Å²) in [7, 11) is 0. The molecule has 2 saturated heterocycles. The van der Waals surface area contributed by atoms with Gasteiger partial charge in [-0.15, -0.1) is 0 Å². The molecule has 0 spiro atoms. The van der Waals surface area contributed by atoms with E-state index < -0.39 is 60.2 Å². The number of aromatic amines is 1. The highest BCUT2D eigenvalue weighted by Gasteiger charge is 2.57. The molecule has 1 aromatic rings. The van der Waals surface area contributed by atoms with Gasteiger partial charge < -0.3 is 38.9 Å². The lowest BCUT2D eigenvalue weighted by Gasteiger charge is -2.28. The highest BCUT2D eigenvalue weighted by molar-refractivity contribution is 5.94. The van der Waals surface area contributed by atoms with Crippen molar-refractivity contribution < 1.29 is 48.3 Å². The number of aromatic nitrogens is 1. The number of hydrogen-bond donors (Lipinski definition) is 3. The highest BCUT2D eigenvalue weighted by atomic mass is 16.6. The summed E-state index contributed by atoms with van der Waals surface area (Å²) in [5.41, 5.74) is 4.02. The quantitative estimate of drug-likeness (QED) is 0.181. The molecule has 0 unspecified atom stereocenters. The van der Waals surface area contributed by atoms with E-state index in [0.29, 0.717) is 49.0 Å². The maximum absolute atomic E-state index is 13.7. The predicted octanol–water partition coefficient (Wildman–Crippen LogP) is 4.92. The van der Waals surface area contributed by atoms with Crippen LogP contribution < -0.4 is 0 Å². The van der Waals surface area contributed by atoms with Gasteiger partial charge in [-0.3, -0.25) is 14.4 Å². The van der Waals surface area contributed by atoms with Crippen LogP contribution in [0.1, 0.15) is 92.0 Å². The third-order valence-electron chi connectivity index (χ3n) is 10.4. The first-order valence-corrected chi connectivity index (χ1v) is 18.6. The lowest BCUT2D eigenvalue weighted by molar-refractivity contribution is -0.164. The fourth-order valence-electron chi connectivity index (χ4n) is 7.32. The zero-order valence-corrected chi connectivity index (χ0v) is 31.6. The van der Waals surface area contributed by atoms with E-state index >= 15 is 0 Å². The van der Waals surface area contributed by atoms with Crippen molar-refractivity contribution in [3.05, 3.63) is 58.0 Å². The van der Waals surface area contributed by atoms with Crippen LogP contribution in [-0.2, 0) is 44.5 Å². The van der Waals surface area contributed by atoms with Crippen molar-refractivity contribution in [1.29, 1.82) is 0 Å². The molecule has 1 aromatic heterocycles. The number of rotatable bonds is 9. The molecule has 0 radical (unpaired) electrons. The maximum atomic E-state index is 13.7.